The predicted molar refractivity (Wildman–Crippen MR) is 113 cm³/mol. The van der Waals surface area contributed by atoms with E-state index in [1.165, 1.54) is 0 Å². The Morgan fingerprint density at radius 1 is 0.786 bits per heavy atom. The van der Waals surface area contributed by atoms with E-state index in [1.54, 1.807) is 14.2 Å². The van der Waals surface area contributed by atoms with Gasteiger partial charge >= 0.3 is 0 Å². The van der Waals surface area contributed by atoms with Gasteiger partial charge in [0.1, 0.15) is 17.3 Å². The molecule has 4 rings (SSSR count). The molecular weight excluding hydrogens is 372 g/mol. The van der Waals surface area contributed by atoms with E-state index in [0.29, 0.717) is 10.8 Å². The van der Waals surface area contributed by atoms with Crippen molar-refractivity contribution in [2.75, 3.05) is 14.2 Å². The summed E-state index contributed by atoms with van der Waals surface area (Å²) in [6, 6.07) is 23.4. The molecule has 4 aromatic rings. The molecule has 0 fully saturated rings. The lowest BCUT2D eigenvalue weighted by Gasteiger charge is -2.07. The first-order valence-electron chi connectivity index (χ1n) is 8.83. The van der Waals surface area contributed by atoms with Gasteiger partial charge in [0, 0.05) is 16.7 Å². The Morgan fingerprint density at radius 3 is 2.11 bits per heavy atom. The molecule has 0 saturated heterocycles. The molecule has 0 aliphatic heterocycles. The quantitative estimate of drug-likeness (QED) is 0.449. The van der Waals surface area contributed by atoms with Gasteiger partial charge in [0.15, 0.2) is 0 Å². The first kappa shape index (κ1) is 18.1. The molecule has 1 heterocycles. The van der Waals surface area contributed by atoms with Crippen LogP contribution < -0.4 is 9.47 Å². The third-order valence-corrected chi connectivity index (χ3v) is 4.86. The van der Waals surface area contributed by atoms with Gasteiger partial charge in [0.25, 0.3) is 0 Å². The van der Waals surface area contributed by atoms with E-state index in [-0.39, 0.29) is 0 Å². The number of imidazole rings is 1. The summed E-state index contributed by atoms with van der Waals surface area (Å²) >= 11 is 6.41. The van der Waals surface area contributed by atoms with Crippen LogP contribution in [0.5, 0.6) is 11.5 Å². The highest BCUT2D eigenvalue weighted by Gasteiger charge is 2.17. The van der Waals surface area contributed by atoms with Crippen LogP contribution in [0.25, 0.3) is 33.9 Å². The molecule has 1 N–H and O–H groups in total. The van der Waals surface area contributed by atoms with E-state index in [4.69, 9.17) is 26.1 Å². The average Bonchev–Trinajstić information content (AvgIpc) is 3.19. The van der Waals surface area contributed by atoms with Crippen molar-refractivity contribution < 1.29 is 9.47 Å². The van der Waals surface area contributed by atoms with E-state index >= 15 is 0 Å². The lowest BCUT2D eigenvalue weighted by atomic mass is 10.0. The lowest BCUT2D eigenvalue weighted by molar-refractivity contribution is 0.415. The highest BCUT2D eigenvalue weighted by molar-refractivity contribution is 6.33. The topological polar surface area (TPSA) is 47.1 Å². The zero-order valence-corrected chi connectivity index (χ0v) is 16.3. The third kappa shape index (κ3) is 3.47. The van der Waals surface area contributed by atoms with Crippen LogP contribution in [0, 0.1) is 0 Å². The fraction of sp³-hybridized carbons (Fsp3) is 0.0870. The van der Waals surface area contributed by atoms with Crippen molar-refractivity contribution in [3.8, 4) is 45.4 Å². The van der Waals surface area contributed by atoms with Crippen LogP contribution >= 0.6 is 11.6 Å². The second kappa shape index (κ2) is 7.79. The number of hydrogen-bond acceptors (Lipinski definition) is 3. The van der Waals surface area contributed by atoms with Gasteiger partial charge in [0.2, 0.25) is 0 Å². The largest absolute Gasteiger partial charge is 0.497 e. The van der Waals surface area contributed by atoms with E-state index < -0.39 is 0 Å². The minimum atomic E-state index is 0.644. The predicted octanol–water partition coefficient (Wildman–Crippen LogP) is 6.08. The summed E-state index contributed by atoms with van der Waals surface area (Å²) < 4.78 is 10.8. The number of ether oxygens (including phenoxy) is 2. The van der Waals surface area contributed by atoms with Gasteiger partial charge in [0.05, 0.1) is 30.6 Å². The summed E-state index contributed by atoms with van der Waals surface area (Å²) in [6.07, 6.45) is 0. The number of nitrogens with zero attached hydrogens (tertiary/aromatic N) is 1. The standard InChI is InChI=1S/C23H19ClN2O2/c1-27-17-9-5-7-15(13-17)21-22(16-8-6-10-18(14-16)28-2)26-23(25-21)19-11-3-4-12-20(19)24/h3-14H,1-2H3,(H,25,26). The van der Waals surface area contributed by atoms with Crippen LogP contribution in [-0.4, -0.2) is 24.2 Å². The van der Waals surface area contributed by atoms with Crippen molar-refractivity contribution in [1.29, 1.82) is 0 Å². The smallest absolute Gasteiger partial charge is 0.140 e. The Bertz CT molecular complexity index is 1060. The number of H-pyrrole nitrogens is 1. The Hall–Kier alpha value is -3.24. The minimum absolute atomic E-state index is 0.644. The molecule has 0 bridgehead atoms. The van der Waals surface area contributed by atoms with Gasteiger partial charge in [-0.3, -0.25) is 0 Å². The highest BCUT2D eigenvalue weighted by Crippen LogP contribution is 2.36. The SMILES string of the molecule is COc1cccc(-c2nc(-c3ccccc3Cl)[nH]c2-c2cccc(OC)c2)c1. The molecule has 0 unspecified atom stereocenters. The maximum atomic E-state index is 6.41. The van der Waals surface area contributed by atoms with Gasteiger partial charge < -0.3 is 14.5 Å². The van der Waals surface area contributed by atoms with Crippen LogP contribution in [0.1, 0.15) is 0 Å². The molecule has 140 valence electrons. The molecule has 0 atom stereocenters. The minimum Gasteiger partial charge on any atom is -0.497 e. The fourth-order valence-corrected chi connectivity index (χ4v) is 3.35. The van der Waals surface area contributed by atoms with Crippen LogP contribution in [0.3, 0.4) is 0 Å². The molecule has 4 nitrogen and oxygen atoms in total. The molecule has 3 aromatic carbocycles. The van der Waals surface area contributed by atoms with Gasteiger partial charge in [-0.15, -0.1) is 0 Å². The Labute approximate surface area is 168 Å². The highest BCUT2D eigenvalue weighted by atomic mass is 35.5. The Morgan fingerprint density at radius 2 is 1.43 bits per heavy atom. The van der Waals surface area contributed by atoms with Crippen LogP contribution in [0.4, 0.5) is 0 Å². The normalized spacial score (nSPS) is 10.7. The number of nitrogens with one attached hydrogen (secondary N) is 1. The van der Waals surface area contributed by atoms with Crippen molar-refractivity contribution >= 4 is 11.6 Å². The summed E-state index contributed by atoms with van der Waals surface area (Å²) in [5.41, 5.74) is 4.49. The molecule has 0 aliphatic carbocycles. The van der Waals surface area contributed by atoms with Crippen LogP contribution in [0.2, 0.25) is 5.02 Å². The number of benzene rings is 3. The molecule has 1 aromatic heterocycles. The van der Waals surface area contributed by atoms with Gasteiger partial charge in [-0.1, -0.05) is 48.0 Å². The van der Waals surface area contributed by atoms with Crippen molar-refractivity contribution in [2.45, 2.75) is 0 Å². The van der Waals surface area contributed by atoms with Gasteiger partial charge in [-0.05, 0) is 36.4 Å². The van der Waals surface area contributed by atoms with Crippen LogP contribution in [0.15, 0.2) is 72.8 Å². The van der Waals surface area contributed by atoms with Gasteiger partial charge in [-0.2, -0.15) is 0 Å². The van der Waals surface area contributed by atoms with Crippen molar-refractivity contribution in [3.63, 3.8) is 0 Å². The van der Waals surface area contributed by atoms with E-state index in [2.05, 4.69) is 4.98 Å². The Balaban J connectivity index is 1.93. The number of hydrogen-bond donors (Lipinski definition) is 1. The number of halogens is 1. The fourth-order valence-electron chi connectivity index (χ4n) is 3.12. The first-order valence-corrected chi connectivity index (χ1v) is 9.21. The molecule has 28 heavy (non-hydrogen) atoms. The Kier molecular flexibility index (Phi) is 5.04. The number of aromatic amines is 1. The van der Waals surface area contributed by atoms with E-state index in [0.717, 1.165) is 39.6 Å². The second-order valence-corrected chi connectivity index (χ2v) is 6.66. The summed E-state index contributed by atoms with van der Waals surface area (Å²) in [6.45, 7) is 0. The summed E-state index contributed by atoms with van der Waals surface area (Å²) in [5, 5.41) is 0.644. The molecule has 0 radical (unpaired) electrons. The number of rotatable bonds is 5. The molecule has 0 spiro atoms. The monoisotopic (exact) mass is 390 g/mol. The zero-order valence-electron chi connectivity index (χ0n) is 15.6. The molecular formula is C23H19ClN2O2. The van der Waals surface area contributed by atoms with Crippen LogP contribution in [-0.2, 0) is 0 Å². The van der Waals surface area contributed by atoms with Crippen molar-refractivity contribution in [1.82, 2.24) is 9.97 Å². The number of aromatic nitrogens is 2. The van der Waals surface area contributed by atoms with E-state index in [9.17, 15) is 0 Å². The molecule has 0 saturated carbocycles. The maximum Gasteiger partial charge on any atom is 0.140 e. The van der Waals surface area contributed by atoms with Crippen molar-refractivity contribution in [3.05, 3.63) is 77.8 Å². The summed E-state index contributed by atoms with van der Waals surface area (Å²) in [7, 11) is 3.31. The first-order chi connectivity index (χ1) is 13.7. The molecule has 0 amide bonds. The molecule has 5 heteroatoms. The lowest BCUT2D eigenvalue weighted by Crippen LogP contribution is -1.88. The molecule has 0 aliphatic rings. The number of methoxy groups -OCH3 is 2. The van der Waals surface area contributed by atoms with Crippen molar-refractivity contribution in [2.24, 2.45) is 0 Å². The van der Waals surface area contributed by atoms with Gasteiger partial charge in [-0.25, -0.2) is 4.98 Å². The second-order valence-electron chi connectivity index (χ2n) is 6.25. The van der Waals surface area contributed by atoms with E-state index in [1.807, 2.05) is 72.8 Å². The summed E-state index contributed by atoms with van der Waals surface area (Å²) in [4.78, 5) is 8.33. The zero-order chi connectivity index (χ0) is 19.5. The third-order valence-electron chi connectivity index (χ3n) is 4.53. The maximum absolute atomic E-state index is 6.41. The summed E-state index contributed by atoms with van der Waals surface area (Å²) in [5.74, 6) is 2.26. The average molecular weight is 391 g/mol.